The number of hydrogen-bond donors (Lipinski definition) is 0. The van der Waals surface area contributed by atoms with E-state index in [1.165, 1.54) is 76.1 Å². The van der Waals surface area contributed by atoms with Crippen molar-refractivity contribution in [2.24, 2.45) is 0 Å². The fourth-order valence-corrected chi connectivity index (χ4v) is 11.1. The van der Waals surface area contributed by atoms with E-state index in [1.807, 2.05) is 11.3 Å². The number of anilines is 6. The Morgan fingerprint density at radius 1 is 0.561 bits per heavy atom. The number of nitrogens with zero attached hydrogens (tertiary/aromatic N) is 2. The van der Waals surface area contributed by atoms with E-state index >= 15 is 0 Å². The SMILES string of the molecule is [2H]c1cc2c3c(c1)N(c1ccc(C(C)(C)C)cc1)c1c(sc4cc5c(cc14)-c1ccccc1C5(C)C)B3c1cc(C(C)(C)C)ccc1N2c1ccc(C(C)(C)C)cc1. The molecule has 1 aromatic heterocycles. The summed E-state index contributed by atoms with van der Waals surface area (Å²) in [4.78, 5) is 4.95. The van der Waals surface area contributed by atoms with Gasteiger partial charge in [-0.15, -0.1) is 11.3 Å². The molecule has 0 atom stereocenters. The summed E-state index contributed by atoms with van der Waals surface area (Å²) < 4.78 is 12.2. The maximum Gasteiger partial charge on any atom is 0.264 e. The van der Waals surface area contributed by atoms with Crippen LogP contribution in [0, 0.1) is 0 Å². The highest BCUT2D eigenvalue weighted by Crippen LogP contribution is 2.54. The van der Waals surface area contributed by atoms with Gasteiger partial charge in [0.05, 0.1) is 7.06 Å². The minimum Gasteiger partial charge on any atom is -0.311 e. The first-order chi connectivity index (χ1) is 27.3. The van der Waals surface area contributed by atoms with Crippen LogP contribution in [0.5, 0.6) is 0 Å². The first-order valence-corrected chi connectivity index (χ1v) is 21.4. The molecule has 3 heterocycles. The third-order valence-corrected chi connectivity index (χ3v) is 14.3. The molecule has 7 aromatic rings. The molecule has 0 unspecified atom stereocenters. The molecule has 0 radical (unpaired) electrons. The summed E-state index contributed by atoms with van der Waals surface area (Å²) in [5.74, 6) is 0. The molecule has 2 nitrogen and oxygen atoms in total. The van der Waals surface area contributed by atoms with E-state index in [2.05, 4.69) is 201 Å². The second-order valence-electron chi connectivity index (χ2n) is 20.2. The lowest BCUT2D eigenvalue weighted by Crippen LogP contribution is -2.60. The van der Waals surface area contributed by atoms with Crippen LogP contribution < -0.4 is 25.5 Å². The van der Waals surface area contributed by atoms with E-state index in [1.54, 1.807) is 0 Å². The van der Waals surface area contributed by atoms with E-state index in [-0.39, 0.29) is 28.4 Å². The standard InChI is InChI=1S/C53H53BN2S/c1-50(2,3)32-19-24-35(25-20-32)55-43-28-23-34(52(7,8)9)29-42(43)54-47-44(55)17-14-18-45(47)56(36-26-21-33(22-27-36)51(4,5)6)48-39-30-38-37-15-12-13-16-40(37)53(10,11)41(38)31-46(39)57-49(48)54/h12-31H,1-11H3/i14D. The maximum absolute atomic E-state index is 9.49. The third kappa shape index (κ3) is 5.36. The van der Waals surface area contributed by atoms with Crippen molar-refractivity contribution in [2.45, 2.75) is 97.8 Å². The molecular weight excluding hydrogens is 707 g/mol. The van der Waals surface area contributed by atoms with Crippen LogP contribution in [-0.4, -0.2) is 6.71 Å². The van der Waals surface area contributed by atoms with Gasteiger partial charge < -0.3 is 9.80 Å². The van der Waals surface area contributed by atoms with Gasteiger partial charge in [0.25, 0.3) is 6.71 Å². The number of thiophene rings is 1. The Balaban J connectivity index is 1.31. The zero-order valence-electron chi connectivity index (χ0n) is 36.3. The molecule has 1 aliphatic carbocycles. The molecular formula is C53H53BN2S. The van der Waals surface area contributed by atoms with Gasteiger partial charge in [-0.1, -0.05) is 143 Å². The van der Waals surface area contributed by atoms with Crippen molar-refractivity contribution in [3.8, 4) is 11.1 Å². The molecule has 10 rings (SSSR count). The van der Waals surface area contributed by atoms with E-state index in [0.29, 0.717) is 6.04 Å². The number of fused-ring (bicyclic) bond motifs is 9. The largest absolute Gasteiger partial charge is 0.311 e. The van der Waals surface area contributed by atoms with Gasteiger partial charge >= 0.3 is 0 Å². The summed E-state index contributed by atoms with van der Waals surface area (Å²) >= 11 is 1.97. The van der Waals surface area contributed by atoms with E-state index in [0.717, 1.165) is 22.7 Å². The van der Waals surface area contributed by atoms with Crippen molar-refractivity contribution in [3.63, 3.8) is 0 Å². The van der Waals surface area contributed by atoms with Crippen LogP contribution in [0.1, 0.15) is 105 Å². The van der Waals surface area contributed by atoms with Gasteiger partial charge in [-0.25, -0.2) is 0 Å². The van der Waals surface area contributed by atoms with Gasteiger partial charge in [-0.3, -0.25) is 0 Å². The van der Waals surface area contributed by atoms with Gasteiger partial charge in [0.2, 0.25) is 0 Å². The number of rotatable bonds is 2. The molecule has 0 saturated carbocycles. The van der Waals surface area contributed by atoms with Crippen molar-refractivity contribution in [2.75, 3.05) is 9.80 Å². The summed E-state index contributed by atoms with van der Waals surface area (Å²) in [5, 5.41) is 1.28. The predicted molar refractivity (Wildman–Crippen MR) is 250 cm³/mol. The van der Waals surface area contributed by atoms with Crippen LogP contribution in [0.3, 0.4) is 0 Å². The Morgan fingerprint density at radius 3 is 1.74 bits per heavy atom. The van der Waals surface area contributed by atoms with Crippen molar-refractivity contribution in [1.29, 1.82) is 0 Å². The molecule has 3 aliphatic rings. The monoisotopic (exact) mass is 761 g/mol. The zero-order valence-corrected chi connectivity index (χ0v) is 36.2. The second-order valence-corrected chi connectivity index (χ2v) is 21.3. The van der Waals surface area contributed by atoms with Crippen LogP contribution in [0.2, 0.25) is 0 Å². The fraction of sp³-hybridized carbons (Fsp3) is 0.283. The van der Waals surface area contributed by atoms with Gasteiger partial charge in [0.1, 0.15) is 0 Å². The molecule has 0 N–H and O–H groups in total. The van der Waals surface area contributed by atoms with E-state index in [9.17, 15) is 1.37 Å². The Labute approximate surface area is 345 Å². The highest BCUT2D eigenvalue weighted by Gasteiger charge is 2.46. The average molecular weight is 762 g/mol. The Hall–Kier alpha value is -5.06. The van der Waals surface area contributed by atoms with Crippen molar-refractivity contribution < 1.29 is 1.37 Å². The first-order valence-electron chi connectivity index (χ1n) is 21.1. The molecule has 4 heteroatoms. The summed E-state index contributed by atoms with van der Waals surface area (Å²) in [6.45, 7) is 25.4. The van der Waals surface area contributed by atoms with Crippen LogP contribution in [0.15, 0.2) is 121 Å². The zero-order chi connectivity index (χ0) is 40.8. The molecule has 2 aliphatic heterocycles. The molecule has 0 fully saturated rings. The van der Waals surface area contributed by atoms with Crippen molar-refractivity contribution in [3.05, 3.63) is 149 Å². The summed E-state index contributed by atoms with van der Waals surface area (Å²) in [6, 6.07) is 44.3. The second kappa shape index (κ2) is 12.0. The summed E-state index contributed by atoms with van der Waals surface area (Å²) in [6.07, 6.45) is 0. The molecule has 57 heavy (non-hydrogen) atoms. The van der Waals surface area contributed by atoms with Crippen molar-refractivity contribution in [1.82, 2.24) is 0 Å². The van der Waals surface area contributed by atoms with Gasteiger partial charge in [0, 0.05) is 48.7 Å². The third-order valence-electron chi connectivity index (χ3n) is 13.1. The van der Waals surface area contributed by atoms with Crippen molar-refractivity contribution >= 4 is 78.0 Å². The summed E-state index contributed by atoms with van der Waals surface area (Å²) in [5.41, 5.74) is 18.8. The van der Waals surface area contributed by atoms with Crippen LogP contribution in [0.4, 0.5) is 34.1 Å². The quantitative estimate of drug-likeness (QED) is 0.162. The minimum absolute atomic E-state index is 0.000587. The average Bonchev–Trinajstić information content (AvgIpc) is 3.64. The highest BCUT2D eigenvalue weighted by molar-refractivity contribution is 7.33. The van der Waals surface area contributed by atoms with Crippen LogP contribution in [0.25, 0.3) is 21.2 Å². The predicted octanol–water partition coefficient (Wildman–Crippen LogP) is 13.2. The number of hydrogen-bond acceptors (Lipinski definition) is 3. The van der Waals surface area contributed by atoms with Crippen LogP contribution in [-0.2, 0) is 21.7 Å². The topological polar surface area (TPSA) is 6.48 Å². The lowest BCUT2D eigenvalue weighted by molar-refractivity contribution is 0.590. The fourth-order valence-electron chi connectivity index (χ4n) is 9.78. The Morgan fingerprint density at radius 2 is 1.12 bits per heavy atom. The molecule has 284 valence electrons. The molecule has 0 spiro atoms. The van der Waals surface area contributed by atoms with E-state index in [4.69, 9.17) is 0 Å². The normalized spacial score (nSPS) is 15.6. The molecule has 0 saturated heterocycles. The first kappa shape index (κ1) is 35.1. The molecule has 0 amide bonds. The lowest BCUT2D eigenvalue weighted by Gasteiger charge is -2.43. The highest BCUT2D eigenvalue weighted by atomic mass is 32.1. The van der Waals surface area contributed by atoms with Gasteiger partial charge in [0.15, 0.2) is 0 Å². The van der Waals surface area contributed by atoms with Crippen LogP contribution >= 0.6 is 11.3 Å². The Bertz CT molecular complexity index is 2830. The van der Waals surface area contributed by atoms with Gasteiger partial charge in [-0.2, -0.15) is 0 Å². The maximum atomic E-state index is 9.49. The smallest absolute Gasteiger partial charge is 0.264 e. The molecule has 6 aromatic carbocycles. The summed E-state index contributed by atoms with van der Waals surface area (Å²) in [7, 11) is 0. The number of benzene rings is 6. The molecule has 0 bridgehead atoms. The Kier molecular flexibility index (Phi) is 7.39. The lowest BCUT2D eigenvalue weighted by atomic mass is 9.36. The van der Waals surface area contributed by atoms with Gasteiger partial charge in [-0.05, 0) is 121 Å². The van der Waals surface area contributed by atoms with E-state index < -0.39 is 0 Å². The minimum atomic E-state index is -0.0918.